The molecule has 0 radical (unpaired) electrons. The maximum atomic E-state index is 13.8. The van der Waals surface area contributed by atoms with Crippen LogP contribution >= 0.6 is 0 Å². The summed E-state index contributed by atoms with van der Waals surface area (Å²) >= 11 is 0. The molecule has 25 heavy (non-hydrogen) atoms. The van der Waals surface area contributed by atoms with Gasteiger partial charge in [-0.2, -0.15) is 5.10 Å². The summed E-state index contributed by atoms with van der Waals surface area (Å²) in [5.74, 6) is 0.277. The third kappa shape index (κ3) is 3.58. The number of rotatable bonds is 4. The van der Waals surface area contributed by atoms with E-state index in [0.717, 1.165) is 49.4 Å². The van der Waals surface area contributed by atoms with Crippen molar-refractivity contribution in [2.45, 2.75) is 25.3 Å². The number of aromatic nitrogens is 4. The van der Waals surface area contributed by atoms with Crippen LogP contribution in [-0.4, -0.2) is 37.7 Å². The normalized spacial score (nSPS) is 16.2. The van der Waals surface area contributed by atoms with E-state index in [2.05, 4.69) is 20.0 Å². The highest BCUT2D eigenvalue weighted by molar-refractivity contribution is 5.40. The highest BCUT2D eigenvalue weighted by Crippen LogP contribution is 2.28. The van der Waals surface area contributed by atoms with E-state index in [0.29, 0.717) is 5.92 Å². The lowest BCUT2D eigenvalue weighted by Crippen LogP contribution is -2.33. The number of benzene rings is 1. The molecule has 3 aromatic rings. The Bertz CT molecular complexity index is 811. The molecule has 5 nitrogen and oxygen atoms in total. The zero-order chi connectivity index (χ0) is 17.1. The maximum Gasteiger partial charge on any atom is 0.123 e. The van der Waals surface area contributed by atoms with Crippen LogP contribution in [0, 0.1) is 5.82 Å². The molecule has 0 aliphatic carbocycles. The molecular formula is C19H20FN5. The van der Waals surface area contributed by atoms with E-state index >= 15 is 0 Å². The molecule has 2 aromatic heterocycles. The van der Waals surface area contributed by atoms with Gasteiger partial charge in [0.15, 0.2) is 0 Å². The Morgan fingerprint density at radius 1 is 1.12 bits per heavy atom. The molecule has 1 saturated heterocycles. The van der Waals surface area contributed by atoms with E-state index in [1.807, 2.05) is 18.3 Å². The lowest BCUT2D eigenvalue weighted by molar-refractivity contribution is 0.203. The molecule has 0 N–H and O–H groups in total. The largest absolute Gasteiger partial charge is 0.299 e. The number of nitrogens with zero attached hydrogens (tertiary/aromatic N) is 5. The number of halogens is 1. The van der Waals surface area contributed by atoms with E-state index in [1.54, 1.807) is 35.5 Å². The number of hydrogen-bond donors (Lipinski definition) is 0. The topological polar surface area (TPSA) is 46.8 Å². The number of piperidine rings is 1. The van der Waals surface area contributed by atoms with Crippen molar-refractivity contribution >= 4 is 0 Å². The van der Waals surface area contributed by atoms with Gasteiger partial charge in [0.05, 0.1) is 5.69 Å². The average Bonchev–Trinajstić information content (AvgIpc) is 3.18. The first-order chi connectivity index (χ1) is 12.3. The van der Waals surface area contributed by atoms with Crippen LogP contribution in [0.3, 0.4) is 0 Å². The summed E-state index contributed by atoms with van der Waals surface area (Å²) in [6, 6.07) is 8.78. The predicted octanol–water partition coefficient (Wildman–Crippen LogP) is 3.18. The Morgan fingerprint density at radius 3 is 2.72 bits per heavy atom. The molecule has 1 aromatic carbocycles. The van der Waals surface area contributed by atoms with Gasteiger partial charge in [-0.1, -0.05) is 0 Å². The molecule has 1 aliphatic rings. The van der Waals surface area contributed by atoms with Crippen molar-refractivity contribution in [2.75, 3.05) is 13.1 Å². The van der Waals surface area contributed by atoms with Gasteiger partial charge in [-0.15, -0.1) is 0 Å². The minimum absolute atomic E-state index is 0.207. The number of likely N-dealkylation sites (tertiary alicyclic amines) is 1. The first-order valence-corrected chi connectivity index (χ1v) is 8.56. The van der Waals surface area contributed by atoms with Gasteiger partial charge in [-0.25, -0.2) is 19.0 Å². The second-order valence-electron chi connectivity index (χ2n) is 6.41. The van der Waals surface area contributed by atoms with Gasteiger partial charge in [0.25, 0.3) is 0 Å². The standard InChI is InChI=1S/C19H20FN5/c20-17-2-3-19(25-9-1-7-23-25)16(12-17)13-24-10-5-15(6-11-24)18-4-8-21-14-22-18/h1-4,7-9,12,14-15H,5-6,10-11,13H2. The minimum Gasteiger partial charge on any atom is -0.299 e. The first kappa shape index (κ1) is 15.9. The van der Waals surface area contributed by atoms with E-state index < -0.39 is 0 Å². The predicted molar refractivity (Wildman–Crippen MR) is 92.8 cm³/mol. The second-order valence-corrected chi connectivity index (χ2v) is 6.41. The Hall–Kier alpha value is -2.60. The van der Waals surface area contributed by atoms with Crippen molar-refractivity contribution in [2.24, 2.45) is 0 Å². The fourth-order valence-electron chi connectivity index (χ4n) is 3.49. The highest BCUT2D eigenvalue weighted by Gasteiger charge is 2.22. The Balaban J connectivity index is 1.46. The van der Waals surface area contributed by atoms with E-state index in [4.69, 9.17) is 0 Å². The van der Waals surface area contributed by atoms with Crippen LogP contribution in [0.2, 0.25) is 0 Å². The van der Waals surface area contributed by atoms with E-state index in [9.17, 15) is 4.39 Å². The third-order valence-corrected chi connectivity index (χ3v) is 4.80. The summed E-state index contributed by atoms with van der Waals surface area (Å²) in [6.45, 7) is 2.68. The van der Waals surface area contributed by atoms with Crippen molar-refractivity contribution < 1.29 is 4.39 Å². The van der Waals surface area contributed by atoms with Crippen molar-refractivity contribution in [1.82, 2.24) is 24.6 Å². The van der Waals surface area contributed by atoms with Crippen LogP contribution < -0.4 is 0 Å². The van der Waals surface area contributed by atoms with Gasteiger partial charge in [-0.3, -0.25) is 4.90 Å². The molecule has 3 heterocycles. The van der Waals surface area contributed by atoms with E-state index in [1.165, 1.54) is 6.07 Å². The summed E-state index contributed by atoms with van der Waals surface area (Å²) in [5, 5.41) is 4.28. The molecule has 4 rings (SSSR count). The molecule has 0 amide bonds. The smallest absolute Gasteiger partial charge is 0.123 e. The summed E-state index contributed by atoms with van der Waals surface area (Å²) in [4.78, 5) is 10.7. The molecule has 0 spiro atoms. The summed E-state index contributed by atoms with van der Waals surface area (Å²) in [6.07, 6.45) is 9.16. The van der Waals surface area contributed by atoms with Crippen LogP contribution in [0.15, 0.2) is 55.2 Å². The van der Waals surface area contributed by atoms with Crippen molar-refractivity contribution in [1.29, 1.82) is 0 Å². The Kier molecular flexibility index (Phi) is 4.52. The van der Waals surface area contributed by atoms with Crippen LogP contribution in [0.5, 0.6) is 0 Å². The van der Waals surface area contributed by atoms with E-state index in [-0.39, 0.29) is 5.82 Å². The molecule has 6 heteroatoms. The van der Waals surface area contributed by atoms with Gasteiger partial charge < -0.3 is 0 Å². The summed E-state index contributed by atoms with van der Waals surface area (Å²) in [5.41, 5.74) is 3.02. The average molecular weight is 337 g/mol. The monoisotopic (exact) mass is 337 g/mol. The van der Waals surface area contributed by atoms with Gasteiger partial charge in [-0.05, 0) is 61.8 Å². The summed E-state index contributed by atoms with van der Waals surface area (Å²) < 4.78 is 15.6. The van der Waals surface area contributed by atoms with Gasteiger partial charge in [0.1, 0.15) is 12.1 Å². The maximum absolute atomic E-state index is 13.8. The van der Waals surface area contributed by atoms with Crippen molar-refractivity contribution in [3.8, 4) is 5.69 Å². The second kappa shape index (κ2) is 7.11. The molecule has 1 fully saturated rings. The molecule has 0 saturated carbocycles. The molecular weight excluding hydrogens is 317 g/mol. The number of hydrogen-bond acceptors (Lipinski definition) is 4. The van der Waals surface area contributed by atoms with Crippen LogP contribution in [0.25, 0.3) is 5.69 Å². The zero-order valence-corrected chi connectivity index (χ0v) is 13.9. The fourth-order valence-corrected chi connectivity index (χ4v) is 3.49. The lowest BCUT2D eigenvalue weighted by atomic mass is 9.93. The molecule has 0 atom stereocenters. The zero-order valence-electron chi connectivity index (χ0n) is 13.9. The Morgan fingerprint density at radius 2 is 2.00 bits per heavy atom. The van der Waals surface area contributed by atoms with Crippen molar-refractivity contribution in [3.05, 3.63) is 72.3 Å². The van der Waals surface area contributed by atoms with Crippen LogP contribution in [-0.2, 0) is 6.54 Å². The minimum atomic E-state index is -0.207. The lowest BCUT2D eigenvalue weighted by Gasteiger charge is -2.32. The Labute approximate surface area is 146 Å². The quantitative estimate of drug-likeness (QED) is 0.734. The van der Waals surface area contributed by atoms with Gasteiger partial charge in [0, 0.05) is 36.7 Å². The highest BCUT2D eigenvalue weighted by atomic mass is 19.1. The fraction of sp³-hybridized carbons (Fsp3) is 0.316. The molecule has 1 aliphatic heterocycles. The molecule has 0 unspecified atom stereocenters. The third-order valence-electron chi connectivity index (χ3n) is 4.80. The van der Waals surface area contributed by atoms with Gasteiger partial charge >= 0.3 is 0 Å². The first-order valence-electron chi connectivity index (χ1n) is 8.56. The van der Waals surface area contributed by atoms with Crippen LogP contribution in [0.4, 0.5) is 4.39 Å². The van der Waals surface area contributed by atoms with Gasteiger partial charge in [0.2, 0.25) is 0 Å². The molecule has 128 valence electrons. The molecule has 0 bridgehead atoms. The summed E-state index contributed by atoms with van der Waals surface area (Å²) in [7, 11) is 0. The SMILES string of the molecule is Fc1ccc(-n2cccn2)c(CN2CCC(c3ccncn3)CC2)c1. The van der Waals surface area contributed by atoms with Crippen molar-refractivity contribution in [3.63, 3.8) is 0 Å². The van der Waals surface area contributed by atoms with Crippen LogP contribution in [0.1, 0.15) is 30.0 Å².